The molecule has 2 aromatic rings. The first-order chi connectivity index (χ1) is 11.5. The first-order valence-corrected chi connectivity index (χ1v) is 8.31. The van der Waals surface area contributed by atoms with Gasteiger partial charge in [-0.25, -0.2) is 0 Å². The highest BCUT2D eigenvalue weighted by Gasteiger charge is 2.31. The Morgan fingerprint density at radius 1 is 1.12 bits per heavy atom. The molecule has 1 aliphatic rings. The highest BCUT2D eigenvalue weighted by atomic mass is 32.2. The van der Waals surface area contributed by atoms with Crippen molar-refractivity contribution in [1.29, 1.82) is 0 Å². The number of nitro groups is 1. The van der Waals surface area contributed by atoms with Gasteiger partial charge < -0.3 is 0 Å². The summed E-state index contributed by atoms with van der Waals surface area (Å²) in [5.41, 5.74) is 1.75. The third kappa shape index (κ3) is 3.52. The Labute approximate surface area is 148 Å². The van der Waals surface area contributed by atoms with Gasteiger partial charge in [0.1, 0.15) is 4.32 Å². The highest BCUT2D eigenvalue weighted by Crippen LogP contribution is 2.33. The first-order valence-electron chi connectivity index (χ1n) is 7.08. The molecule has 2 aromatic carbocycles. The van der Waals surface area contributed by atoms with Crippen molar-refractivity contribution >= 4 is 46.0 Å². The van der Waals surface area contributed by atoms with Crippen LogP contribution >= 0.6 is 24.0 Å². The molecule has 0 bridgehead atoms. The van der Waals surface area contributed by atoms with Gasteiger partial charge in [-0.3, -0.25) is 19.8 Å². The molecule has 0 unspecified atom stereocenters. The second kappa shape index (κ2) is 6.94. The largest absolute Gasteiger partial charge is 0.288 e. The van der Waals surface area contributed by atoms with Crippen LogP contribution in [0.15, 0.2) is 59.5 Å². The van der Waals surface area contributed by atoms with E-state index in [1.54, 1.807) is 23.1 Å². The zero-order valence-electron chi connectivity index (χ0n) is 12.4. The van der Waals surface area contributed by atoms with Crippen LogP contribution in [-0.2, 0) is 11.3 Å². The summed E-state index contributed by atoms with van der Waals surface area (Å²) in [6.07, 6.45) is 1.70. The van der Waals surface area contributed by atoms with Crippen LogP contribution < -0.4 is 0 Å². The molecule has 5 nitrogen and oxygen atoms in total. The van der Waals surface area contributed by atoms with E-state index >= 15 is 0 Å². The number of thiocarbonyl (C=S) groups is 1. The van der Waals surface area contributed by atoms with Crippen molar-refractivity contribution in [2.75, 3.05) is 0 Å². The van der Waals surface area contributed by atoms with E-state index in [0.29, 0.717) is 15.8 Å². The van der Waals surface area contributed by atoms with E-state index in [0.717, 1.165) is 11.1 Å². The normalized spacial score (nSPS) is 16.0. The van der Waals surface area contributed by atoms with Crippen molar-refractivity contribution in [3.05, 3.63) is 80.7 Å². The van der Waals surface area contributed by atoms with Crippen LogP contribution in [0.5, 0.6) is 0 Å². The van der Waals surface area contributed by atoms with Crippen molar-refractivity contribution < 1.29 is 9.72 Å². The molecule has 0 saturated carbocycles. The summed E-state index contributed by atoms with van der Waals surface area (Å²) >= 11 is 6.54. The van der Waals surface area contributed by atoms with Crippen LogP contribution in [0.4, 0.5) is 5.69 Å². The minimum absolute atomic E-state index is 0.0174. The van der Waals surface area contributed by atoms with E-state index in [-0.39, 0.29) is 11.6 Å². The van der Waals surface area contributed by atoms with Crippen LogP contribution in [0.2, 0.25) is 0 Å². The van der Waals surface area contributed by atoms with Gasteiger partial charge in [0.2, 0.25) is 0 Å². The number of nitro benzene ring substituents is 1. The topological polar surface area (TPSA) is 63.4 Å². The highest BCUT2D eigenvalue weighted by molar-refractivity contribution is 8.26. The molecule has 0 aromatic heterocycles. The van der Waals surface area contributed by atoms with Gasteiger partial charge in [0.05, 0.1) is 16.4 Å². The average Bonchev–Trinajstić information content (AvgIpc) is 2.84. The lowest BCUT2D eigenvalue weighted by Crippen LogP contribution is -2.27. The van der Waals surface area contributed by atoms with Crippen molar-refractivity contribution in [3.8, 4) is 0 Å². The quantitative estimate of drug-likeness (QED) is 0.359. The Kier molecular flexibility index (Phi) is 4.73. The van der Waals surface area contributed by atoms with Crippen LogP contribution in [0, 0.1) is 10.1 Å². The Morgan fingerprint density at radius 3 is 2.42 bits per heavy atom. The summed E-state index contributed by atoms with van der Waals surface area (Å²) in [4.78, 5) is 24.8. The van der Waals surface area contributed by atoms with E-state index < -0.39 is 4.92 Å². The summed E-state index contributed by atoms with van der Waals surface area (Å²) in [5, 5.41) is 10.7. The molecule has 1 saturated heterocycles. The zero-order chi connectivity index (χ0) is 17.1. The van der Waals surface area contributed by atoms with E-state index in [1.165, 1.54) is 23.9 Å². The lowest BCUT2D eigenvalue weighted by atomic mass is 10.2. The second-order valence-corrected chi connectivity index (χ2v) is 6.78. The van der Waals surface area contributed by atoms with E-state index in [4.69, 9.17) is 12.2 Å². The maximum Gasteiger partial charge on any atom is 0.269 e. The van der Waals surface area contributed by atoms with Crippen LogP contribution in [0.3, 0.4) is 0 Å². The van der Waals surface area contributed by atoms with Crippen molar-refractivity contribution in [2.24, 2.45) is 0 Å². The molecule has 0 N–H and O–H groups in total. The Hall–Kier alpha value is -2.51. The minimum Gasteiger partial charge on any atom is -0.288 e. The second-order valence-electron chi connectivity index (χ2n) is 5.10. The molecule has 1 aliphatic heterocycles. The third-order valence-electron chi connectivity index (χ3n) is 3.46. The summed E-state index contributed by atoms with van der Waals surface area (Å²) in [5.74, 6) is -0.146. The fraction of sp³-hybridized carbons (Fsp3) is 0.0588. The Bertz CT molecular complexity index is 833. The van der Waals surface area contributed by atoms with Gasteiger partial charge >= 0.3 is 0 Å². The monoisotopic (exact) mass is 356 g/mol. The predicted molar refractivity (Wildman–Crippen MR) is 98.3 cm³/mol. The molecule has 3 rings (SSSR count). The molecule has 0 aliphatic carbocycles. The lowest BCUT2D eigenvalue weighted by Gasteiger charge is -2.14. The van der Waals surface area contributed by atoms with Crippen LogP contribution in [0.25, 0.3) is 6.08 Å². The van der Waals surface area contributed by atoms with Gasteiger partial charge in [0.15, 0.2) is 0 Å². The fourth-order valence-corrected chi connectivity index (χ4v) is 3.50. The molecule has 0 atom stereocenters. The molecule has 7 heteroatoms. The van der Waals surface area contributed by atoms with Crippen LogP contribution in [-0.4, -0.2) is 20.1 Å². The number of non-ortho nitro benzene ring substituents is 1. The smallest absolute Gasteiger partial charge is 0.269 e. The molecule has 0 spiro atoms. The SMILES string of the molecule is O=C1/C(=C\c2ccc([N+](=O)[O-])cc2)SC(=S)N1Cc1ccccc1. The summed E-state index contributed by atoms with van der Waals surface area (Å²) in [7, 11) is 0. The number of amides is 1. The maximum atomic E-state index is 12.5. The molecular formula is C17H12N2O3S2. The summed E-state index contributed by atoms with van der Waals surface area (Å²) in [6.45, 7) is 0.434. The maximum absolute atomic E-state index is 12.5. The van der Waals surface area contributed by atoms with Gasteiger partial charge in [-0.2, -0.15) is 0 Å². The number of hydrogen-bond donors (Lipinski definition) is 0. The minimum atomic E-state index is -0.455. The molecule has 0 radical (unpaired) electrons. The molecule has 1 heterocycles. The van der Waals surface area contributed by atoms with E-state index in [2.05, 4.69) is 0 Å². The predicted octanol–water partition coefficient (Wildman–Crippen LogP) is 4.00. The van der Waals surface area contributed by atoms with Crippen LogP contribution in [0.1, 0.15) is 11.1 Å². The van der Waals surface area contributed by atoms with Gasteiger partial charge in [-0.1, -0.05) is 54.3 Å². The van der Waals surface area contributed by atoms with E-state index in [9.17, 15) is 14.9 Å². The van der Waals surface area contributed by atoms with Crippen molar-refractivity contribution in [2.45, 2.75) is 6.54 Å². The Balaban J connectivity index is 1.79. The molecule has 1 fully saturated rings. The van der Waals surface area contributed by atoms with Gasteiger partial charge in [0, 0.05) is 12.1 Å². The van der Waals surface area contributed by atoms with Gasteiger partial charge in [0.25, 0.3) is 11.6 Å². The summed E-state index contributed by atoms with van der Waals surface area (Å²) in [6, 6.07) is 15.7. The average molecular weight is 356 g/mol. The van der Waals surface area contributed by atoms with Gasteiger partial charge in [-0.05, 0) is 29.3 Å². The van der Waals surface area contributed by atoms with Crippen molar-refractivity contribution in [1.82, 2.24) is 4.90 Å². The number of nitrogens with zero attached hydrogens (tertiary/aromatic N) is 2. The van der Waals surface area contributed by atoms with Gasteiger partial charge in [-0.15, -0.1) is 0 Å². The Morgan fingerprint density at radius 2 is 1.79 bits per heavy atom. The number of hydrogen-bond acceptors (Lipinski definition) is 5. The number of rotatable bonds is 4. The molecular weight excluding hydrogens is 344 g/mol. The number of carbonyl (C=O) groups excluding carboxylic acids is 1. The zero-order valence-corrected chi connectivity index (χ0v) is 14.0. The number of carbonyl (C=O) groups is 1. The molecule has 120 valence electrons. The third-order valence-corrected chi connectivity index (χ3v) is 4.84. The fourth-order valence-electron chi connectivity index (χ4n) is 2.25. The molecule has 1 amide bonds. The van der Waals surface area contributed by atoms with E-state index in [1.807, 2.05) is 30.3 Å². The number of thioether (sulfide) groups is 1. The first kappa shape index (κ1) is 16.4. The van der Waals surface area contributed by atoms with Crippen molar-refractivity contribution in [3.63, 3.8) is 0 Å². The summed E-state index contributed by atoms with van der Waals surface area (Å²) < 4.78 is 0.511. The molecule has 24 heavy (non-hydrogen) atoms. The standard InChI is InChI=1S/C17H12N2O3S2/c20-16-15(10-12-6-8-14(9-7-12)19(21)22)24-17(23)18(16)11-13-4-2-1-3-5-13/h1-10H,11H2/b15-10+. The number of benzene rings is 2. The lowest BCUT2D eigenvalue weighted by molar-refractivity contribution is -0.384.